The van der Waals surface area contributed by atoms with Gasteiger partial charge in [-0.05, 0) is 46.6 Å². The second-order valence-electron chi connectivity index (χ2n) is 7.87. The molecule has 6 rings (SSSR count). The van der Waals surface area contributed by atoms with Crippen molar-refractivity contribution in [3.05, 3.63) is 84.1 Å². The molecule has 2 atom stereocenters. The first kappa shape index (κ1) is 19.4. The van der Waals surface area contributed by atoms with E-state index in [1.54, 1.807) is 14.2 Å². The highest BCUT2D eigenvalue weighted by Gasteiger charge is 2.57. The van der Waals surface area contributed by atoms with Gasteiger partial charge in [-0.3, -0.25) is 0 Å². The largest absolute Gasteiger partial charge is 0.539 e. The van der Waals surface area contributed by atoms with Crippen LogP contribution in [0.5, 0.6) is 17.4 Å². The average Bonchev–Trinajstić information content (AvgIpc) is 3.51. The van der Waals surface area contributed by atoms with E-state index in [0.717, 1.165) is 22.7 Å². The molecule has 3 aromatic carbocycles. The maximum atomic E-state index is 12.8. The molecule has 2 unspecified atom stereocenters. The lowest BCUT2D eigenvalue weighted by Crippen LogP contribution is -2.41. The number of anilines is 1. The second-order valence-corrected chi connectivity index (χ2v) is 7.87. The fourth-order valence-corrected chi connectivity index (χ4v) is 4.48. The Morgan fingerprint density at radius 1 is 0.879 bits per heavy atom. The maximum Gasteiger partial charge on any atom is 0.287 e. The van der Waals surface area contributed by atoms with Gasteiger partial charge in [-0.2, -0.15) is 0 Å². The minimum absolute atomic E-state index is 0.0388. The average molecular weight is 440 g/mol. The molecule has 0 bridgehead atoms. The molecule has 4 aromatic rings. The number of aliphatic imine (C=N–C) groups is 1. The van der Waals surface area contributed by atoms with Crippen LogP contribution in [0.4, 0.5) is 11.4 Å². The lowest BCUT2D eigenvalue weighted by atomic mass is 10.0. The van der Waals surface area contributed by atoms with E-state index in [0.29, 0.717) is 22.8 Å². The van der Waals surface area contributed by atoms with Gasteiger partial charge in [-0.25, -0.2) is 4.99 Å². The summed E-state index contributed by atoms with van der Waals surface area (Å²) in [6.45, 7) is 0. The van der Waals surface area contributed by atoms with Gasteiger partial charge in [0.25, 0.3) is 5.69 Å². The summed E-state index contributed by atoms with van der Waals surface area (Å²) in [4.78, 5) is 7.17. The molecule has 0 N–H and O–H groups in total. The van der Waals surface area contributed by atoms with Crippen molar-refractivity contribution >= 4 is 17.1 Å². The van der Waals surface area contributed by atoms with Crippen molar-refractivity contribution in [1.82, 2.24) is 5.27 Å². The quantitative estimate of drug-likeness (QED) is 0.350. The van der Waals surface area contributed by atoms with Gasteiger partial charge in [0, 0.05) is 12.1 Å². The second kappa shape index (κ2) is 7.37. The topological polar surface area (TPSA) is 86.8 Å². The number of fused-ring (bicyclic) bond motifs is 3. The van der Waals surface area contributed by atoms with Crippen LogP contribution in [0.15, 0.2) is 82.3 Å². The van der Waals surface area contributed by atoms with E-state index in [-0.39, 0.29) is 12.1 Å². The van der Waals surface area contributed by atoms with Crippen molar-refractivity contribution in [1.29, 1.82) is 0 Å². The van der Waals surface area contributed by atoms with E-state index in [1.807, 2.05) is 66.7 Å². The molecule has 0 amide bonds. The lowest BCUT2D eigenvalue weighted by Gasteiger charge is -2.15. The monoisotopic (exact) mass is 440 g/mol. The van der Waals surface area contributed by atoms with Gasteiger partial charge in [0.15, 0.2) is 5.95 Å². The Bertz CT molecular complexity index is 1360. The van der Waals surface area contributed by atoms with E-state index < -0.39 is 5.95 Å². The summed E-state index contributed by atoms with van der Waals surface area (Å²) in [5.74, 6) is 0.984. The summed E-state index contributed by atoms with van der Waals surface area (Å²) in [7, 11) is 3.25. The lowest BCUT2D eigenvalue weighted by molar-refractivity contribution is -0.671. The smallest absolute Gasteiger partial charge is 0.287 e. The molecule has 3 heterocycles. The zero-order valence-corrected chi connectivity index (χ0v) is 18.0. The summed E-state index contributed by atoms with van der Waals surface area (Å²) < 4.78 is 17.2. The number of para-hydroxylation sites is 2. The van der Waals surface area contributed by atoms with Gasteiger partial charge < -0.3 is 24.0 Å². The van der Waals surface area contributed by atoms with Crippen LogP contribution >= 0.6 is 0 Å². The molecular formula is C25H20N4O4. The van der Waals surface area contributed by atoms with Crippen LogP contribution < -0.4 is 24.2 Å². The number of nitrogens with zero attached hydrogens (tertiary/aromatic N) is 4. The summed E-state index contributed by atoms with van der Waals surface area (Å²) in [5.41, 5.74) is 4.60. The van der Waals surface area contributed by atoms with Crippen molar-refractivity contribution in [2.75, 3.05) is 19.1 Å². The molecule has 8 heteroatoms. The molecule has 8 nitrogen and oxygen atoms in total. The molecule has 164 valence electrons. The Hall–Kier alpha value is -4.33. The fourth-order valence-electron chi connectivity index (χ4n) is 4.48. The van der Waals surface area contributed by atoms with Crippen LogP contribution in [0.2, 0.25) is 0 Å². The molecule has 1 aromatic heterocycles. The van der Waals surface area contributed by atoms with E-state index in [9.17, 15) is 5.11 Å². The van der Waals surface area contributed by atoms with Gasteiger partial charge in [-0.15, -0.1) is 0 Å². The third-order valence-electron chi connectivity index (χ3n) is 6.12. The number of benzene rings is 3. The predicted molar refractivity (Wildman–Crippen MR) is 119 cm³/mol. The predicted octanol–water partition coefficient (Wildman–Crippen LogP) is 3.11. The van der Waals surface area contributed by atoms with Crippen LogP contribution in [0.25, 0.3) is 5.69 Å². The van der Waals surface area contributed by atoms with Crippen molar-refractivity contribution in [3.8, 4) is 23.1 Å². The highest BCUT2D eigenvalue weighted by Crippen LogP contribution is 2.54. The van der Waals surface area contributed by atoms with Crippen LogP contribution in [-0.4, -0.2) is 31.2 Å². The SMILES string of the molecule is COc1ccc(C2C3C(c4c([O-])on[n+]4-c4ccc(OC)cc4)=Nc4ccccc4N32)cc1. The highest BCUT2D eigenvalue weighted by atomic mass is 16.6. The number of aromatic nitrogens is 2. The van der Waals surface area contributed by atoms with Crippen molar-refractivity contribution < 1.29 is 23.8 Å². The molecule has 0 aliphatic carbocycles. The molecular weight excluding hydrogens is 420 g/mol. The normalized spacial score (nSPS) is 18.2. The van der Waals surface area contributed by atoms with Crippen LogP contribution in [-0.2, 0) is 0 Å². The molecule has 2 aliphatic heterocycles. The summed E-state index contributed by atoms with van der Waals surface area (Å²) in [6.07, 6.45) is 0. The molecule has 0 radical (unpaired) electrons. The zero-order chi connectivity index (χ0) is 22.5. The highest BCUT2D eigenvalue weighted by molar-refractivity contribution is 6.13. The minimum atomic E-state index is -0.524. The Labute approximate surface area is 189 Å². The minimum Gasteiger partial charge on any atom is -0.539 e. The molecule has 1 fully saturated rings. The number of rotatable bonds is 5. The van der Waals surface area contributed by atoms with Gasteiger partial charge in [0.1, 0.15) is 23.3 Å². The summed E-state index contributed by atoms with van der Waals surface area (Å²) in [5, 5.41) is 16.9. The number of methoxy groups -OCH3 is 2. The Kier molecular flexibility index (Phi) is 4.33. The molecule has 0 spiro atoms. The number of hydrogen-bond acceptors (Lipinski definition) is 7. The zero-order valence-electron chi connectivity index (χ0n) is 18.0. The van der Waals surface area contributed by atoms with E-state index in [4.69, 9.17) is 19.0 Å². The standard InChI is InChI=1S/C25H20N4O4/c1-31-17-11-7-15(8-12-17)22-23-21(26-19-5-3-4-6-20(19)28(22)23)24-25(30)33-27-29(24)16-9-13-18(32-2)14-10-16/h3-14,22-23H,1-2H3. The first-order valence-electron chi connectivity index (χ1n) is 10.5. The third-order valence-corrected chi connectivity index (χ3v) is 6.12. The first-order valence-corrected chi connectivity index (χ1v) is 10.5. The van der Waals surface area contributed by atoms with Gasteiger partial charge in [0.2, 0.25) is 5.69 Å². The fraction of sp³-hybridized carbons (Fsp3) is 0.160. The maximum absolute atomic E-state index is 12.8. The first-order chi connectivity index (χ1) is 16.2. The van der Waals surface area contributed by atoms with Crippen LogP contribution in [0.1, 0.15) is 17.3 Å². The van der Waals surface area contributed by atoms with Gasteiger partial charge in [-0.1, -0.05) is 24.3 Å². The molecule has 0 saturated carbocycles. The Morgan fingerprint density at radius 3 is 2.24 bits per heavy atom. The number of ether oxygens (including phenoxy) is 2. The number of hydrogen-bond donors (Lipinski definition) is 0. The van der Waals surface area contributed by atoms with Gasteiger partial charge in [0.05, 0.1) is 36.9 Å². The molecule has 2 aliphatic rings. The van der Waals surface area contributed by atoms with E-state index in [2.05, 4.69) is 16.2 Å². The Morgan fingerprint density at radius 2 is 1.55 bits per heavy atom. The molecule has 1 saturated heterocycles. The van der Waals surface area contributed by atoms with Crippen molar-refractivity contribution in [2.45, 2.75) is 12.1 Å². The Balaban J connectivity index is 1.47. The summed E-state index contributed by atoms with van der Waals surface area (Å²) in [6, 6.07) is 23.1. The van der Waals surface area contributed by atoms with E-state index in [1.165, 1.54) is 4.68 Å². The van der Waals surface area contributed by atoms with Gasteiger partial charge >= 0.3 is 0 Å². The van der Waals surface area contributed by atoms with Crippen LogP contribution in [0.3, 0.4) is 0 Å². The van der Waals surface area contributed by atoms with Crippen LogP contribution in [0, 0.1) is 0 Å². The van der Waals surface area contributed by atoms with Crippen molar-refractivity contribution in [3.63, 3.8) is 0 Å². The van der Waals surface area contributed by atoms with E-state index >= 15 is 0 Å². The molecule has 33 heavy (non-hydrogen) atoms. The van der Waals surface area contributed by atoms with Crippen molar-refractivity contribution in [2.24, 2.45) is 4.99 Å². The third kappa shape index (κ3) is 3.02. The summed E-state index contributed by atoms with van der Waals surface area (Å²) >= 11 is 0.